The number of nitrogens with one attached hydrogen (secondary N) is 1. The highest BCUT2D eigenvalue weighted by Gasteiger charge is 2.30. The van der Waals surface area contributed by atoms with Crippen molar-refractivity contribution < 1.29 is 4.79 Å². The van der Waals surface area contributed by atoms with Gasteiger partial charge in [-0.25, -0.2) is 5.43 Å². The molecule has 1 aromatic rings. The molecule has 1 aromatic carbocycles. The topological polar surface area (TPSA) is 67.5 Å². The fourth-order valence-corrected chi connectivity index (χ4v) is 1.59. The van der Waals surface area contributed by atoms with Crippen LogP contribution >= 0.6 is 0 Å². The molecule has 1 atom stereocenters. The summed E-state index contributed by atoms with van der Waals surface area (Å²) in [6.07, 6.45) is 0. The van der Waals surface area contributed by atoms with E-state index in [0.29, 0.717) is 5.84 Å². The van der Waals surface area contributed by atoms with Gasteiger partial charge in [0.15, 0.2) is 0 Å². The van der Waals surface area contributed by atoms with Gasteiger partial charge in [0.05, 0.1) is 0 Å². The number of hydrazone groups is 1. The second kappa shape index (κ2) is 3.14. The van der Waals surface area contributed by atoms with Gasteiger partial charge >= 0.3 is 0 Å². The summed E-state index contributed by atoms with van der Waals surface area (Å²) < 4.78 is 0. The fraction of sp³-hybridized carbons (Fsp3) is 0.200. The molecule has 1 heterocycles. The second-order valence-electron chi connectivity index (χ2n) is 3.30. The zero-order valence-corrected chi connectivity index (χ0v) is 7.82. The first kappa shape index (κ1) is 8.74. The highest BCUT2D eigenvalue weighted by molar-refractivity contribution is 6.11. The number of nitrogens with zero attached hydrogens (tertiary/aromatic N) is 1. The molecular weight excluding hydrogens is 178 g/mol. The molecule has 72 valence electrons. The predicted octanol–water partition coefficient (Wildman–Crippen LogP) is 0.481. The predicted molar refractivity (Wildman–Crippen MR) is 53.7 cm³/mol. The van der Waals surface area contributed by atoms with Crippen molar-refractivity contribution in [1.29, 1.82) is 0 Å². The minimum absolute atomic E-state index is 0.156. The summed E-state index contributed by atoms with van der Waals surface area (Å²) in [5.74, 6) is -0.239. The Morgan fingerprint density at radius 3 is 2.71 bits per heavy atom. The number of nitrogens with two attached hydrogens (primary N) is 1. The van der Waals surface area contributed by atoms with Crippen LogP contribution in [0, 0.1) is 6.92 Å². The number of rotatable bonds is 1. The Morgan fingerprint density at radius 1 is 1.43 bits per heavy atom. The first-order valence-corrected chi connectivity index (χ1v) is 4.38. The maximum Gasteiger partial charge on any atom is 0.255 e. The van der Waals surface area contributed by atoms with E-state index < -0.39 is 5.92 Å². The number of benzene rings is 1. The van der Waals surface area contributed by atoms with Gasteiger partial charge in [-0.3, -0.25) is 4.79 Å². The Labute approximate surface area is 81.8 Å². The number of amides is 1. The maximum atomic E-state index is 11.4. The minimum Gasteiger partial charge on any atom is -0.385 e. The van der Waals surface area contributed by atoms with Crippen LogP contribution in [0.1, 0.15) is 17.0 Å². The smallest absolute Gasteiger partial charge is 0.255 e. The van der Waals surface area contributed by atoms with Crippen molar-refractivity contribution in [3.8, 4) is 0 Å². The summed E-state index contributed by atoms with van der Waals surface area (Å²) in [4.78, 5) is 11.4. The Morgan fingerprint density at radius 2 is 2.14 bits per heavy atom. The standard InChI is InChI=1S/C10H11N3O/c1-6-4-2-3-5-7(6)8-9(11)12-13-10(8)14/h2-5,8H,1H3,(H2,11,12)(H,13,14). The van der Waals surface area contributed by atoms with E-state index in [1.165, 1.54) is 0 Å². The molecule has 0 bridgehead atoms. The van der Waals surface area contributed by atoms with E-state index in [4.69, 9.17) is 5.73 Å². The third-order valence-electron chi connectivity index (χ3n) is 2.35. The van der Waals surface area contributed by atoms with E-state index in [1.54, 1.807) is 0 Å². The molecule has 1 amide bonds. The van der Waals surface area contributed by atoms with Gasteiger partial charge < -0.3 is 5.73 Å². The van der Waals surface area contributed by atoms with Crippen molar-refractivity contribution in [3.05, 3.63) is 35.4 Å². The van der Waals surface area contributed by atoms with E-state index in [1.807, 2.05) is 31.2 Å². The monoisotopic (exact) mass is 189 g/mol. The summed E-state index contributed by atoms with van der Waals surface area (Å²) in [6, 6.07) is 7.67. The molecule has 14 heavy (non-hydrogen) atoms. The van der Waals surface area contributed by atoms with Crippen molar-refractivity contribution in [2.45, 2.75) is 12.8 Å². The number of amidine groups is 1. The normalized spacial score (nSPS) is 20.5. The molecule has 1 aliphatic rings. The average molecular weight is 189 g/mol. The van der Waals surface area contributed by atoms with Crippen LogP contribution in [0.5, 0.6) is 0 Å². The van der Waals surface area contributed by atoms with Crippen molar-refractivity contribution in [1.82, 2.24) is 5.43 Å². The van der Waals surface area contributed by atoms with Crippen LogP contribution in [0.25, 0.3) is 0 Å². The SMILES string of the molecule is Cc1ccccc1C1C(=O)NN=C1N. The van der Waals surface area contributed by atoms with Gasteiger partial charge in [0.1, 0.15) is 11.8 Å². The first-order valence-electron chi connectivity index (χ1n) is 4.38. The van der Waals surface area contributed by atoms with Gasteiger partial charge in [0.25, 0.3) is 5.91 Å². The van der Waals surface area contributed by atoms with Crippen LogP contribution in [-0.4, -0.2) is 11.7 Å². The second-order valence-corrected chi connectivity index (χ2v) is 3.30. The van der Waals surface area contributed by atoms with Crippen LogP contribution in [0.2, 0.25) is 0 Å². The van der Waals surface area contributed by atoms with Gasteiger partial charge in [-0.15, -0.1) is 0 Å². The highest BCUT2D eigenvalue weighted by atomic mass is 16.2. The highest BCUT2D eigenvalue weighted by Crippen LogP contribution is 2.22. The van der Waals surface area contributed by atoms with E-state index in [0.717, 1.165) is 11.1 Å². The summed E-state index contributed by atoms with van der Waals surface area (Å²) >= 11 is 0. The lowest BCUT2D eigenvalue weighted by Gasteiger charge is -2.10. The third kappa shape index (κ3) is 1.25. The molecule has 1 unspecified atom stereocenters. The Bertz CT molecular complexity index is 412. The molecule has 0 aromatic heterocycles. The molecule has 0 saturated carbocycles. The van der Waals surface area contributed by atoms with Crippen LogP contribution in [0.4, 0.5) is 0 Å². The van der Waals surface area contributed by atoms with Crippen LogP contribution < -0.4 is 11.2 Å². The van der Waals surface area contributed by atoms with Crippen molar-refractivity contribution in [2.24, 2.45) is 10.8 Å². The maximum absolute atomic E-state index is 11.4. The first-order chi connectivity index (χ1) is 6.70. The lowest BCUT2D eigenvalue weighted by atomic mass is 9.94. The van der Waals surface area contributed by atoms with E-state index in [2.05, 4.69) is 10.5 Å². The van der Waals surface area contributed by atoms with Crippen LogP contribution in [-0.2, 0) is 4.79 Å². The fourth-order valence-electron chi connectivity index (χ4n) is 1.59. The van der Waals surface area contributed by atoms with Gasteiger partial charge in [-0.2, -0.15) is 5.10 Å². The number of hydrogen-bond acceptors (Lipinski definition) is 3. The summed E-state index contributed by atoms with van der Waals surface area (Å²) in [5, 5.41) is 3.71. The van der Waals surface area contributed by atoms with E-state index in [-0.39, 0.29) is 5.91 Å². The van der Waals surface area contributed by atoms with Crippen molar-refractivity contribution in [3.63, 3.8) is 0 Å². The molecule has 2 rings (SSSR count). The van der Waals surface area contributed by atoms with Gasteiger partial charge in [0.2, 0.25) is 0 Å². The molecule has 0 spiro atoms. The molecule has 0 aliphatic carbocycles. The zero-order valence-electron chi connectivity index (χ0n) is 7.82. The lowest BCUT2D eigenvalue weighted by molar-refractivity contribution is -0.120. The Hall–Kier alpha value is -1.84. The molecule has 1 aliphatic heterocycles. The molecular formula is C10H11N3O. The lowest BCUT2D eigenvalue weighted by Crippen LogP contribution is -2.25. The van der Waals surface area contributed by atoms with Crippen molar-refractivity contribution >= 4 is 11.7 Å². The molecule has 3 N–H and O–H groups in total. The van der Waals surface area contributed by atoms with E-state index in [9.17, 15) is 4.79 Å². The van der Waals surface area contributed by atoms with Gasteiger partial charge in [0, 0.05) is 0 Å². The number of hydrogen-bond donors (Lipinski definition) is 2. The molecule has 4 nitrogen and oxygen atoms in total. The van der Waals surface area contributed by atoms with Crippen LogP contribution in [0.15, 0.2) is 29.4 Å². The Balaban J connectivity index is 2.45. The Kier molecular flexibility index (Phi) is 1.96. The summed E-state index contributed by atoms with van der Waals surface area (Å²) in [6.45, 7) is 1.95. The molecule has 0 fully saturated rings. The summed E-state index contributed by atoms with van der Waals surface area (Å²) in [7, 11) is 0. The number of carbonyl (C=O) groups excluding carboxylic acids is 1. The van der Waals surface area contributed by atoms with Gasteiger partial charge in [-0.05, 0) is 18.1 Å². The summed E-state index contributed by atoms with van der Waals surface area (Å²) in [5.41, 5.74) is 9.98. The van der Waals surface area contributed by atoms with Crippen LogP contribution in [0.3, 0.4) is 0 Å². The largest absolute Gasteiger partial charge is 0.385 e. The molecule has 4 heteroatoms. The van der Waals surface area contributed by atoms with Gasteiger partial charge in [-0.1, -0.05) is 24.3 Å². The number of aryl methyl sites for hydroxylation is 1. The van der Waals surface area contributed by atoms with E-state index >= 15 is 0 Å². The quantitative estimate of drug-likeness (QED) is 0.674. The third-order valence-corrected chi connectivity index (χ3v) is 2.35. The average Bonchev–Trinajstić information content (AvgIpc) is 2.48. The molecule has 0 saturated heterocycles. The molecule has 0 radical (unpaired) electrons. The van der Waals surface area contributed by atoms with Crippen molar-refractivity contribution in [2.75, 3.05) is 0 Å². The number of carbonyl (C=O) groups is 1. The zero-order chi connectivity index (χ0) is 10.1. The minimum atomic E-state index is -0.420.